The molecule has 1 amide bonds. The van der Waals surface area contributed by atoms with Crippen LogP contribution in [0.15, 0.2) is 61.0 Å². The molecule has 2 aromatic rings. The molecule has 0 atom stereocenters. The number of carbonyl (C=O) groups is 1. The van der Waals surface area contributed by atoms with E-state index in [1.807, 2.05) is 49.4 Å². The molecule has 0 aliphatic heterocycles. The Bertz CT molecular complexity index is 710. The van der Waals surface area contributed by atoms with Crippen LogP contribution in [0.25, 0.3) is 0 Å². The molecule has 23 heavy (non-hydrogen) atoms. The third kappa shape index (κ3) is 5.44. The van der Waals surface area contributed by atoms with Gasteiger partial charge in [0.2, 0.25) is 0 Å². The molecule has 2 rings (SSSR count). The van der Waals surface area contributed by atoms with Crippen molar-refractivity contribution >= 4 is 65.1 Å². The van der Waals surface area contributed by atoms with E-state index in [1.165, 1.54) is 0 Å². The summed E-state index contributed by atoms with van der Waals surface area (Å²) in [6.07, 6.45) is 0. The minimum absolute atomic E-state index is 0.115. The number of nitrogens with one attached hydrogen (secondary N) is 2. The van der Waals surface area contributed by atoms with Crippen molar-refractivity contribution in [2.45, 2.75) is 6.92 Å². The van der Waals surface area contributed by atoms with Gasteiger partial charge in [-0.3, -0.25) is 4.79 Å². The topological polar surface area (TPSA) is 53.5 Å². The first-order valence-corrected chi connectivity index (χ1v) is 9.12. The molecule has 0 unspecified atom stereocenters. The molecule has 4 nitrogen and oxygen atoms in total. The van der Waals surface area contributed by atoms with Crippen molar-refractivity contribution in [1.82, 2.24) is 5.43 Å². The lowest BCUT2D eigenvalue weighted by molar-refractivity contribution is -0.119. The van der Waals surface area contributed by atoms with Crippen LogP contribution in [0.2, 0.25) is 0 Å². The summed E-state index contributed by atoms with van der Waals surface area (Å²) in [6.45, 7) is 1.97. The molecule has 0 aromatic heterocycles. The zero-order valence-electron chi connectivity index (χ0n) is 12.2. The van der Waals surface area contributed by atoms with Crippen LogP contribution >= 0.6 is 47.8 Å². The second-order valence-electron chi connectivity index (χ2n) is 4.70. The number of rotatable bonds is 5. The van der Waals surface area contributed by atoms with Crippen LogP contribution in [0.4, 0.5) is 5.69 Å². The molecule has 0 heterocycles. The zero-order chi connectivity index (χ0) is 16.8. The summed E-state index contributed by atoms with van der Waals surface area (Å²) in [5, 5.41) is 7.19. The van der Waals surface area contributed by atoms with Gasteiger partial charge in [0, 0.05) is 13.4 Å². The third-order valence-corrected chi connectivity index (χ3v) is 4.68. The normalized spacial score (nSPS) is 11.2. The van der Waals surface area contributed by atoms with Crippen molar-refractivity contribution in [2.24, 2.45) is 5.10 Å². The van der Waals surface area contributed by atoms with E-state index in [4.69, 9.17) is 0 Å². The molecule has 0 aliphatic carbocycles. The van der Waals surface area contributed by atoms with Gasteiger partial charge in [-0.05, 0) is 56.5 Å². The van der Waals surface area contributed by atoms with Crippen molar-refractivity contribution in [2.75, 3.05) is 11.9 Å². The molecule has 120 valence electrons. The Morgan fingerprint density at radius 1 is 1.09 bits per heavy atom. The Morgan fingerprint density at radius 3 is 2.30 bits per heavy atom. The van der Waals surface area contributed by atoms with Gasteiger partial charge in [0.05, 0.1) is 17.9 Å². The van der Waals surface area contributed by atoms with E-state index in [9.17, 15) is 4.79 Å². The highest BCUT2D eigenvalue weighted by atomic mass is 79.9. The minimum Gasteiger partial charge on any atom is -0.374 e. The number of nitrogens with zero attached hydrogens (tertiary/aromatic N) is 1. The van der Waals surface area contributed by atoms with Crippen LogP contribution in [0.1, 0.15) is 12.5 Å². The van der Waals surface area contributed by atoms with Crippen molar-refractivity contribution in [3.05, 3.63) is 61.4 Å². The monoisotopic (exact) mass is 501 g/mol. The molecular formula is C16H14Br3N3O. The molecule has 7 heteroatoms. The summed E-state index contributed by atoms with van der Waals surface area (Å²) >= 11 is 10.3. The highest BCUT2D eigenvalue weighted by molar-refractivity contribution is 9.11. The standard InChI is InChI=1S/C16H14Br3N3O/c1-10(11-5-3-2-4-6-11)21-22-15(23)9-20-16-13(18)7-12(17)8-14(16)19/h2-8,20H,9H2,1H3,(H,22,23)/b21-10+. The molecule has 0 saturated carbocycles. The average molecular weight is 504 g/mol. The van der Waals surface area contributed by atoms with Gasteiger partial charge in [-0.1, -0.05) is 46.3 Å². The predicted molar refractivity (Wildman–Crippen MR) is 105 cm³/mol. The first-order chi connectivity index (χ1) is 11.0. The first-order valence-electron chi connectivity index (χ1n) is 6.74. The fourth-order valence-electron chi connectivity index (χ4n) is 1.81. The molecular weight excluding hydrogens is 490 g/mol. The maximum atomic E-state index is 11.9. The van der Waals surface area contributed by atoms with E-state index < -0.39 is 0 Å². The number of anilines is 1. The highest BCUT2D eigenvalue weighted by Crippen LogP contribution is 2.34. The smallest absolute Gasteiger partial charge is 0.259 e. The second-order valence-corrected chi connectivity index (χ2v) is 7.32. The number of carbonyl (C=O) groups excluding carboxylic acids is 1. The fraction of sp³-hybridized carbons (Fsp3) is 0.125. The Hall–Kier alpha value is -1.18. The summed E-state index contributed by atoms with van der Waals surface area (Å²) in [5.41, 5.74) is 5.09. The predicted octanol–water partition coefficient (Wildman–Crippen LogP) is 4.93. The SMILES string of the molecule is C/C(=N\NC(=O)CNc1c(Br)cc(Br)cc1Br)c1ccccc1. The average Bonchev–Trinajstić information content (AvgIpc) is 2.52. The van der Waals surface area contributed by atoms with Crippen LogP contribution < -0.4 is 10.7 Å². The van der Waals surface area contributed by atoms with Crippen molar-refractivity contribution < 1.29 is 4.79 Å². The van der Waals surface area contributed by atoms with E-state index in [1.54, 1.807) is 0 Å². The van der Waals surface area contributed by atoms with E-state index in [0.717, 1.165) is 30.4 Å². The number of hydrogen-bond acceptors (Lipinski definition) is 3. The summed E-state index contributed by atoms with van der Waals surface area (Å²) in [4.78, 5) is 11.9. The lowest BCUT2D eigenvalue weighted by atomic mass is 10.1. The van der Waals surface area contributed by atoms with Gasteiger partial charge >= 0.3 is 0 Å². The van der Waals surface area contributed by atoms with Gasteiger partial charge < -0.3 is 5.32 Å². The summed E-state index contributed by atoms with van der Waals surface area (Å²) in [5.74, 6) is -0.220. The van der Waals surface area contributed by atoms with Crippen molar-refractivity contribution in [3.8, 4) is 0 Å². The van der Waals surface area contributed by atoms with Gasteiger partial charge in [0.1, 0.15) is 0 Å². The number of benzene rings is 2. The molecule has 0 spiro atoms. The summed E-state index contributed by atoms with van der Waals surface area (Å²) in [7, 11) is 0. The molecule has 0 saturated heterocycles. The van der Waals surface area contributed by atoms with Gasteiger partial charge in [-0.25, -0.2) is 5.43 Å². The lowest BCUT2D eigenvalue weighted by Gasteiger charge is -2.11. The number of hydrazone groups is 1. The van der Waals surface area contributed by atoms with Gasteiger partial charge in [0.25, 0.3) is 5.91 Å². The molecule has 0 aliphatic rings. The Kier molecular flexibility index (Phi) is 6.80. The van der Waals surface area contributed by atoms with E-state index in [0.29, 0.717) is 0 Å². The van der Waals surface area contributed by atoms with Crippen molar-refractivity contribution in [3.63, 3.8) is 0 Å². The first kappa shape index (κ1) is 18.2. The Morgan fingerprint density at radius 2 is 1.70 bits per heavy atom. The van der Waals surface area contributed by atoms with Crippen LogP contribution in [-0.4, -0.2) is 18.2 Å². The number of amides is 1. The third-order valence-electron chi connectivity index (χ3n) is 2.97. The van der Waals surface area contributed by atoms with Crippen LogP contribution in [0.5, 0.6) is 0 Å². The maximum Gasteiger partial charge on any atom is 0.259 e. The van der Waals surface area contributed by atoms with Gasteiger partial charge in [0.15, 0.2) is 0 Å². The second kappa shape index (κ2) is 8.61. The summed E-state index contributed by atoms with van der Waals surface area (Å²) < 4.78 is 2.65. The molecule has 0 fully saturated rings. The molecule has 2 aromatic carbocycles. The lowest BCUT2D eigenvalue weighted by Crippen LogP contribution is -2.27. The van der Waals surface area contributed by atoms with Crippen LogP contribution in [-0.2, 0) is 4.79 Å². The van der Waals surface area contributed by atoms with Crippen molar-refractivity contribution in [1.29, 1.82) is 0 Å². The summed E-state index contributed by atoms with van der Waals surface area (Å²) in [6, 6.07) is 13.5. The molecule has 0 radical (unpaired) electrons. The largest absolute Gasteiger partial charge is 0.374 e. The quantitative estimate of drug-likeness (QED) is 0.449. The van der Waals surface area contributed by atoms with Crippen LogP contribution in [0.3, 0.4) is 0 Å². The fourth-order valence-corrected chi connectivity index (χ4v) is 4.35. The Labute approximate surface area is 160 Å². The van der Waals surface area contributed by atoms with Gasteiger partial charge in [-0.2, -0.15) is 5.10 Å². The molecule has 0 bridgehead atoms. The van der Waals surface area contributed by atoms with E-state index >= 15 is 0 Å². The zero-order valence-corrected chi connectivity index (χ0v) is 17.0. The maximum absolute atomic E-state index is 11.9. The van der Waals surface area contributed by atoms with Gasteiger partial charge in [-0.15, -0.1) is 0 Å². The highest BCUT2D eigenvalue weighted by Gasteiger charge is 2.08. The Balaban J connectivity index is 1.94. The van der Waals surface area contributed by atoms with Crippen LogP contribution in [0, 0.1) is 0 Å². The minimum atomic E-state index is -0.220. The number of hydrogen-bond donors (Lipinski definition) is 2. The number of halogens is 3. The van der Waals surface area contributed by atoms with E-state index in [-0.39, 0.29) is 12.5 Å². The van der Waals surface area contributed by atoms with E-state index in [2.05, 4.69) is 63.6 Å². The molecule has 2 N–H and O–H groups in total.